The topological polar surface area (TPSA) is 58.6 Å². The summed E-state index contributed by atoms with van der Waals surface area (Å²) in [7, 11) is 1.60. The molecule has 0 spiro atoms. The quantitative estimate of drug-likeness (QED) is 0.794. The van der Waals surface area contributed by atoms with Crippen molar-refractivity contribution in [1.29, 1.82) is 0 Å². The van der Waals surface area contributed by atoms with Crippen molar-refractivity contribution >= 4 is 23.6 Å². The highest BCUT2D eigenvalue weighted by Gasteiger charge is 2.23. The predicted molar refractivity (Wildman–Crippen MR) is 112 cm³/mol. The Morgan fingerprint density at radius 3 is 2.57 bits per heavy atom. The number of ether oxygens (including phenoxy) is 1. The third kappa shape index (κ3) is 4.42. The average Bonchev–Trinajstić information content (AvgIpc) is 3.21. The number of rotatable bonds is 5. The van der Waals surface area contributed by atoms with E-state index in [4.69, 9.17) is 4.74 Å². The largest absolute Gasteiger partial charge is 0.496 e. The fourth-order valence-corrected chi connectivity index (χ4v) is 3.46. The number of carbonyl (C=O) groups is 2. The van der Waals surface area contributed by atoms with Crippen LogP contribution in [-0.4, -0.2) is 36.9 Å². The molecule has 1 aliphatic heterocycles. The molecule has 3 rings (SSSR count). The Balaban J connectivity index is 1.80. The molecule has 1 saturated heterocycles. The molecule has 0 unspecified atom stereocenters. The Bertz CT molecular complexity index is 912. The van der Waals surface area contributed by atoms with Gasteiger partial charge < -0.3 is 15.0 Å². The van der Waals surface area contributed by atoms with E-state index in [0.717, 1.165) is 42.6 Å². The summed E-state index contributed by atoms with van der Waals surface area (Å²) in [5, 5.41) is 2.86. The second-order valence-electron chi connectivity index (χ2n) is 7.06. The molecular weight excluding hydrogens is 352 g/mol. The SMILES string of the molecule is COc1ccc(C)cc1/C=C/C(=O)Nc1cccc(C)c1C(=O)N1CCCC1. The maximum Gasteiger partial charge on any atom is 0.256 e. The van der Waals surface area contributed by atoms with Crippen molar-refractivity contribution in [3.05, 3.63) is 64.7 Å². The van der Waals surface area contributed by atoms with E-state index in [1.54, 1.807) is 19.3 Å². The molecule has 28 heavy (non-hydrogen) atoms. The summed E-state index contributed by atoms with van der Waals surface area (Å²) in [4.78, 5) is 27.3. The zero-order valence-electron chi connectivity index (χ0n) is 16.6. The first-order chi connectivity index (χ1) is 13.5. The molecule has 0 saturated carbocycles. The zero-order chi connectivity index (χ0) is 20.1. The van der Waals surface area contributed by atoms with Crippen molar-refractivity contribution in [1.82, 2.24) is 4.90 Å². The molecule has 2 aromatic rings. The minimum absolute atomic E-state index is 0.0183. The molecule has 0 aliphatic carbocycles. The van der Waals surface area contributed by atoms with Crippen LogP contribution in [0, 0.1) is 13.8 Å². The monoisotopic (exact) mass is 378 g/mol. The Hall–Kier alpha value is -3.08. The summed E-state index contributed by atoms with van der Waals surface area (Å²) >= 11 is 0. The smallest absolute Gasteiger partial charge is 0.256 e. The minimum Gasteiger partial charge on any atom is -0.496 e. The molecule has 0 atom stereocenters. The molecule has 1 fully saturated rings. The van der Waals surface area contributed by atoms with E-state index in [9.17, 15) is 9.59 Å². The van der Waals surface area contributed by atoms with Crippen LogP contribution in [-0.2, 0) is 4.79 Å². The van der Waals surface area contributed by atoms with Gasteiger partial charge in [-0.25, -0.2) is 0 Å². The van der Waals surface area contributed by atoms with Crippen LogP contribution in [0.2, 0.25) is 0 Å². The number of amides is 2. The first-order valence-electron chi connectivity index (χ1n) is 9.52. The Morgan fingerprint density at radius 2 is 1.86 bits per heavy atom. The van der Waals surface area contributed by atoms with Crippen LogP contribution in [0.25, 0.3) is 6.08 Å². The van der Waals surface area contributed by atoms with E-state index < -0.39 is 0 Å². The molecule has 5 nitrogen and oxygen atoms in total. The molecule has 1 heterocycles. The highest BCUT2D eigenvalue weighted by Crippen LogP contribution is 2.24. The van der Waals surface area contributed by atoms with E-state index >= 15 is 0 Å². The number of benzene rings is 2. The number of aryl methyl sites for hydroxylation is 2. The highest BCUT2D eigenvalue weighted by molar-refractivity contribution is 6.08. The number of nitrogens with one attached hydrogen (secondary N) is 1. The summed E-state index contributed by atoms with van der Waals surface area (Å²) < 4.78 is 5.34. The first kappa shape index (κ1) is 19.7. The van der Waals surface area contributed by atoms with Gasteiger partial charge in [-0.15, -0.1) is 0 Å². The van der Waals surface area contributed by atoms with Gasteiger partial charge in [0, 0.05) is 24.7 Å². The molecule has 0 radical (unpaired) electrons. The van der Waals surface area contributed by atoms with Gasteiger partial charge in [-0.3, -0.25) is 9.59 Å². The molecule has 2 amide bonds. The maximum atomic E-state index is 12.9. The number of anilines is 1. The zero-order valence-corrected chi connectivity index (χ0v) is 16.6. The number of nitrogens with zero attached hydrogens (tertiary/aromatic N) is 1. The van der Waals surface area contributed by atoms with Crippen LogP contribution in [0.15, 0.2) is 42.5 Å². The van der Waals surface area contributed by atoms with Crippen molar-refractivity contribution < 1.29 is 14.3 Å². The molecule has 5 heteroatoms. The van der Waals surface area contributed by atoms with E-state index in [1.807, 2.05) is 49.1 Å². The summed E-state index contributed by atoms with van der Waals surface area (Å²) in [6.45, 7) is 5.42. The summed E-state index contributed by atoms with van der Waals surface area (Å²) in [5.74, 6) is 0.398. The fourth-order valence-electron chi connectivity index (χ4n) is 3.46. The van der Waals surface area contributed by atoms with Crippen LogP contribution >= 0.6 is 0 Å². The Kier molecular flexibility index (Phi) is 6.14. The van der Waals surface area contributed by atoms with Crippen molar-refractivity contribution in [3.8, 4) is 5.75 Å². The Morgan fingerprint density at radius 1 is 1.11 bits per heavy atom. The van der Waals surface area contributed by atoms with E-state index in [0.29, 0.717) is 17.0 Å². The second kappa shape index (κ2) is 8.74. The number of methoxy groups -OCH3 is 1. The van der Waals surface area contributed by atoms with Crippen molar-refractivity contribution in [2.45, 2.75) is 26.7 Å². The van der Waals surface area contributed by atoms with Gasteiger partial charge in [-0.2, -0.15) is 0 Å². The van der Waals surface area contributed by atoms with Gasteiger partial charge in [0.2, 0.25) is 5.91 Å². The number of likely N-dealkylation sites (tertiary alicyclic amines) is 1. The lowest BCUT2D eigenvalue weighted by Gasteiger charge is -2.19. The normalized spacial score (nSPS) is 13.8. The molecule has 146 valence electrons. The number of carbonyl (C=O) groups excluding carboxylic acids is 2. The molecule has 1 aliphatic rings. The van der Waals surface area contributed by atoms with Crippen LogP contribution < -0.4 is 10.1 Å². The van der Waals surface area contributed by atoms with Gasteiger partial charge >= 0.3 is 0 Å². The highest BCUT2D eigenvalue weighted by atomic mass is 16.5. The lowest BCUT2D eigenvalue weighted by Crippen LogP contribution is -2.29. The third-order valence-electron chi connectivity index (χ3n) is 4.94. The summed E-state index contributed by atoms with van der Waals surface area (Å²) in [6.07, 6.45) is 5.24. The van der Waals surface area contributed by atoms with E-state index in [1.165, 1.54) is 6.08 Å². The number of hydrogen-bond donors (Lipinski definition) is 1. The molecule has 0 bridgehead atoms. The van der Waals surface area contributed by atoms with Crippen molar-refractivity contribution in [2.75, 3.05) is 25.5 Å². The molecule has 2 aromatic carbocycles. The average molecular weight is 378 g/mol. The minimum atomic E-state index is -0.287. The van der Waals surface area contributed by atoms with Crippen LogP contribution in [0.4, 0.5) is 5.69 Å². The maximum absolute atomic E-state index is 12.9. The van der Waals surface area contributed by atoms with Gasteiger partial charge in [0.05, 0.1) is 18.4 Å². The van der Waals surface area contributed by atoms with E-state index in [2.05, 4.69) is 5.32 Å². The summed E-state index contributed by atoms with van der Waals surface area (Å²) in [6, 6.07) is 11.3. The molecular formula is C23H26N2O3. The van der Waals surface area contributed by atoms with Gasteiger partial charge in [-0.1, -0.05) is 23.8 Å². The Labute approximate surface area is 166 Å². The van der Waals surface area contributed by atoms with Gasteiger partial charge in [0.25, 0.3) is 5.91 Å². The van der Waals surface area contributed by atoms with E-state index in [-0.39, 0.29) is 11.8 Å². The van der Waals surface area contributed by atoms with Gasteiger partial charge in [0.1, 0.15) is 5.75 Å². The van der Waals surface area contributed by atoms with Crippen molar-refractivity contribution in [2.24, 2.45) is 0 Å². The number of hydrogen-bond acceptors (Lipinski definition) is 3. The summed E-state index contributed by atoms with van der Waals surface area (Å²) in [5.41, 5.74) is 3.88. The lowest BCUT2D eigenvalue weighted by molar-refractivity contribution is -0.111. The van der Waals surface area contributed by atoms with Crippen LogP contribution in [0.1, 0.15) is 39.9 Å². The molecule has 1 N–H and O–H groups in total. The third-order valence-corrected chi connectivity index (χ3v) is 4.94. The van der Waals surface area contributed by atoms with Gasteiger partial charge in [-0.05, 0) is 56.5 Å². The standard InChI is InChI=1S/C23H26N2O3/c1-16-9-11-20(28-3)18(15-16)10-12-21(26)24-19-8-6-7-17(2)22(19)23(27)25-13-4-5-14-25/h6-12,15H,4-5,13-14H2,1-3H3,(H,24,26)/b12-10+. The first-order valence-corrected chi connectivity index (χ1v) is 9.52. The second-order valence-corrected chi connectivity index (χ2v) is 7.06. The van der Waals surface area contributed by atoms with Crippen LogP contribution in [0.3, 0.4) is 0 Å². The fraction of sp³-hybridized carbons (Fsp3) is 0.304. The van der Waals surface area contributed by atoms with Gasteiger partial charge in [0.15, 0.2) is 0 Å². The molecule has 0 aromatic heterocycles. The predicted octanol–water partition coefficient (Wildman–Crippen LogP) is 4.20. The lowest BCUT2D eigenvalue weighted by atomic mass is 10.0. The van der Waals surface area contributed by atoms with Crippen molar-refractivity contribution in [3.63, 3.8) is 0 Å². The van der Waals surface area contributed by atoms with Crippen LogP contribution in [0.5, 0.6) is 5.75 Å².